The molecule has 122 valence electrons. The maximum Gasteiger partial charge on any atom is 0.241 e. The zero-order valence-electron chi connectivity index (χ0n) is 12.5. The predicted octanol–water partition coefficient (Wildman–Crippen LogP) is 2.08. The molecule has 0 spiro atoms. The minimum atomic E-state index is -3.78. The molecule has 2 aromatic carbocycles. The Labute approximate surface area is 144 Å². The summed E-state index contributed by atoms with van der Waals surface area (Å²) >= 11 is 3.26. The molecular weight excluding hydrogens is 380 g/mol. The number of halogens is 1. The van der Waals surface area contributed by atoms with Gasteiger partial charge in [0.25, 0.3) is 0 Å². The topological polar surface area (TPSA) is 75.3 Å². The summed E-state index contributed by atoms with van der Waals surface area (Å²) < 4.78 is 28.2. The van der Waals surface area contributed by atoms with E-state index in [1.54, 1.807) is 12.1 Å². The smallest absolute Gasteiger partial charge is 0.241 e. The van der Waals surface area contributed by atoms with Gasteiger partial charge in [0, 0.05) is 11.5 Å². The summed E-state index contributed by atoms with van der Waals surface area (Å²) in [6.07, 6.45) is 0.274. The van der Waals surface area contributed by atoms with Crippen molar-refractivity contribution in [1.29, 1.82) is 0 Å². The number of sulfonamides is 1. The Kier molecular flexibility index (Phi) is 5.92. The molecule has 23 heavy (non-hydrogen) atoms. The summed E-state index contributed by atoms with van der Waals surface area (Å²) in [5, 5.41) is 2.50. The van der Waals surface area contributed by atoms with Gasteiger partial charge in [-0.1, -0.05) is 46.3 Å². The number of carbonyl (C=O) groups excluding carboxylic acids is 1. The first-order chi connectivity index (χ1) is 10.9. The minimum Gasteiger partial charge on any atom is -0.358 e. The van der Waals surface area contributed by atoms with Gasteiger partial charge in [0.05, 0.1) is 4.90 Å². The van der Waals surface area contributed by atoms with Gasteiger partial charge >= 0.3 is 0 Å². The van der Waals surface area contributed by atoms with Crippen LogP contribution in [0.1, 0.15) is 5.56 Å². The molecule has 2 rings (SSSR count). The van der Waals surface area contributed by atoms with E-state index in [9.17, 15) is 13.2 Å². The molecule has 1 amide bonds. The van der Waals surface area contributed by atoms with Gasteiger partial charge in [-0.05, 0) is 36.2 Å². The molecule has 1 unspecified atom stereocenters. The molecule has 0 radical (unpaired) electrons. The third kappa shape index (κ3) is 4.89. The van der Waals surface area contributed by atoms with Crippen molar-refractivity contribution in [2.75, 3.05) is 7.05 Å². The van der Waals surface area contributed by atoms with Crippen LogP contribution in [0, 0.1) is 0 Å². The van der Waals surface area contributed by atoms with Crippen molar-refractivity contribution in [3.8, 4) is 0 Å². The van der Waals surface area contributed by atoms with E-state index in [2.05, 4.69) is 26.0 Å². The van der Waals surface area contributed by atoms with Crippen LogP contribution in [0.25, 0.3) is 0 Å². The van der Waals surface area contributed by atoms with Gasteiger partial charge in [0.15, 0.2) is 0 Å². The van der Waals surface area contributed by atoms with E-state index < -0.39 is 16.1 Å². The third-order valence-corrected chi connectivity index (χ3v) is 5.28. The Bertz CT molecular complexity index is 762. The highest BCUT2D eigenvalue weighted by Gasteiger charge is 2.25. The fraction of sp³-hybridized carbons (Fsp3) is 0.188. The molecular formula is C16H17BrN2O3S. The normalized spacial score (nSPS) is 12.6. The zero-order chi connectivity index (χ0) is 16.9. The van der Waals surface area contributed by atoms with E-state index in [-0.39, 0.29) is 17.2 Å². The molecule has 0 fully saturated rings. The molecule has 0 aromatic heterocycles. The van der Waals surface area contributed by atoms with Crippen molar-refractivity contribution in [2.24, 2.45) is 0 Å². The van der Waals surface area contributed by atoms with Crippen LogP contribution in [0.3, 0.4) is 0 Å². The highest BCUT2D eigenvalue weighted by molar-refractivity contribution is 9.10. The van der Waals surface area contributed by atoms with Gasteiger partial charge < -0.3 is 5.32 Å². The first-order valence-corrected chi connectivity index (χ1v) is 9.23. The van der Waals surface area contributed by atoms with Gasteiger partial charge in [0.1, 0.15) is 6.04 Å². The van der Waals surface area contributed by atoms with Gasteiger partial charge in [-0.25, -0.2) is 8.42 Å². The van der Waals surface area contributed by atoms with Crippen molar-refractivity contribution in [1.82, 2.24) is 10.0 Å². The Morgan fingerprint density at radius 1 is 1.09 bits per heavy atom. The Morgan fingerprint density at radius 3 is 2.26 bits per heavy atom. The van der Waals surface area contributed by atoms with E-state index in [4.69, 9.17) is 0 Å². The summed E-state index contributed by atoms with van der Waals surface area (Å²) in [7, 11) is -2.30. The first-order valence-electron chi connectivity index (χ1n) is 6.96. The van der Waals surface area contributed by atoms with Crippen molar-refractivity contribution < 1.29 is 13.2 Å². The number of carbonyl (C=O) groups is 1. The number of nitrogens with one attached hydrogen (secondary N) is 2. The quantitative estimate of drug-likeness (QED) is 0.784. The molecule has 7 heteroatoms. The van der Waals surface area contributed by atoms with E-state index in [0.29, 0.717) is 0 Å². The molecule has 0 heterocycles. The van der Waals surface area contributed by atoms with Crippen molar-refractivity contribution in [3.05, 3.63) is 64.6 Å². The predicted molar refractivity (Wildman–Crippen MR) is 92.5 cm³/mol. The van der Waals surface area contributed by atoms with Gasteiger partial charge in [0.2, 0.25) is 15.9 Å². The lowest BCUT2D eigenvalue weighted by atomic mass is 10.1. The maximum atomic E-state index is 12.5. The van der Waals surface area contributed by atoms with Gasteiger partial charge in [-0.2, -0.15) is 4.72 Å². The molecule has 0 saturated carbocycles. The van der Waals surface area contributed by atoms with Gasteiger partial charge in [-0.3, -0.25) is 4.79 Å². The average Bonchev–Trinajstić information content (AvgIpc) is 2.54. The second kappa shape index (κ2) is 7.72. The summed E-state index contributed by atoms with van der Waals surface area (Å²) in [6.45, 7) is 0. The SMILES string of the molecule is CNC(=O)C(Cc1ccccc1)NS(=O)(=O)c1ccc(Br)cc1. The van der Waals surface area contributed by atoms with Crippen LogP contribution in [-0.2, 0) is 21.2 Å². The van der Waals surface area contributed by atoms with E-state index in [1.807, 2.05) is 30.3 Å². The summed E-state index contributed by atoms with van der Waals surface area (Å²) in [5.41, 5.74) is 0.875. The fourth-order valence-corrected chi connectivity index (χ4v) is 3.54. The largest absolute Gasteiger partial charge is 0.358 e. The van der Waals surface area contributed by atoms with Crippen molar-refractivity contribution >= 4 is 31.9 Å². The third-order valence-electron chi connectivity index (χ3n) is 3.27. The maximum absolute atomic E-state index is 12.5. The summed E-state index contributed by atoms with van der Waals surface area (Å²) in [6, 6.07) is 14.6. The van der Waals surface area contributed by atoms with E-state index >= 15 is 0 Å². The Hall–Kier alpha value is -1.70. The molecule has 2 aromatic rings. The van der Waals surface area contributed by atoms with Crippen LogP contribution in [0.2, 0.25) is 0 Å². The number of rotatable bonds is 6. The second-order valence-corrected chi connectivity index (χ2v) is 7.56. The average molecular weight is 397 g/mol. The number of hydrogen-bond acceptors (Lipinski definition) is 3. The standard InChI is InChI=1S/C16H17BrN2O3S/c1-18-16(20)15(11-12-5-3-2-4-6-12)19-23(21,22)14-9-7-13(17)8-10-14/h2-10,15,19H,11H2,1H3,(H,18,20). The highest BCUT2D eigenvalue weighted by atomic mass is 79.9. The number of amides is 1. The first kappa shape index (κ1) is 17.7. The van der Waals surface area contributed by atoms with Crippen LogP contribution in [0.4, 0.5) is 0 Å². The molecule has 2 N–H and O–H groups in total. The lowest BCUT2D eigenvalue weighted by Gasteiger charge is -2.17. The van der Waals surface area contributed by atoms with Crippen LogP contribution >= 0.6 is 15.9 Å². The van der Waals surface area contributed by atoms with Crippen LogP contribution in [-0.4, -0.2) is 27.4 Å². The molecule has 0 bridgehead atoms. The Morgan fingerprint density at radius 2 is 1.70 bits per heavy atom. The molecule has 0 saturated heterocycles. The summed E-state index contributed by atoms with van der Waals surface area (Å²) in [4.78, 5) is 12.1. The van der Waals surface area contributed by atoms with E-state index in [1.165, 1.54) is 19.2 Å². The second-order valence-electron chi connectivity index (χ2n) is 4.93. The molecule has 0 aliphatic rings. The Balaban J connectivity index is 2.23. The van der Waals surface area contributed by atoms with Crippen molar-refractivity contribution in [3.63, 3.8) is 0 Å². The molecule has 5 nitrogen and oxygen atoms in total. The van der Waals surface area contributed by atoms with E-state index in [0.717, 1.165) is 10.0 Å². The number of benzene rings is 2. The fourth-order valence-electron chi connectivity index (χ4n) is 2.08. The number of likely N-dealkylation sites (N-methyl/N-ethyl adjacent to an activating group) is 1. The molecule has 1 atom stereocenters. The van der Waals surface area contributed by atoms with Gasteiger partial charge in [-0.15, -0.1) is 0 Å². The minimum absolute atomic E-state index is 0.114. The lowest BCUT2D eigenvalue weighted by molar-refractivity contribution is -0.122. The van der Waals surface area contributed by atoms with Crippen LogP contribution < -0.4 is 10.0 Å². The monoisotopic (exact) mass is 396 g/mol. The highest BCUT2D eigenvalue weighted by Crippen LogP contribution is 2.15. The number of hydrogen-bond donors (Lipinski definition) is 2. The lowest BCUT2D eigenvalue weighted by Crippen LogP contribution is -2.46. The van der Waals surface area contributed by atoms with Crippen LogP contribution in [0.5, 0.6) is 0 Å². The van der Waals surface area contributed by atoms with Crippen molar-refractivity contribution in [2.45, 2.75) is 17.4 Å². The van der Waals surface area contributed by atoms with Crippen LogP contribution in [0.15, 0.2) is 64.0 Å². The summed E-state index contributed by atoms with van der Waals surface area (Å²) in [5.74, 6) is -0.380. The molecule has 0 aliphatic carbocycles. The molecule has 0 aliphatic heterocycles. The zero-order valence-corrected chi connectivity index (χ0v) is 14.9.